The molecule has 7 rings (SSSR count). The van der Waals surface area contributed by atoms with E-state index in [1.165, 1.54) is 24.8 Å². The van der Waals surface area contributed by atoms with Crippen LogP contribution in [0.2, 0.25) is 0 Å². The summed E-state index contributed by atoms with van der Waals surface area (Å²) in [5.74, 6) is 3.62. The number of piperazine rings is 1. The fourth-order valence-electron chi connectivity index (χ4n) is 6.23. The van der Waals surface area contributed by atoms with Crippen molar-refractivity contribution in [1.29, 1.82) is 0 Å². The van der Waals surface area contributed by atoms with Crippen molar-refractivity contribution in [3.63, 3.8) is 0 Å². The SMILES string of the molecule is Cc1ccc2nc(N3CCN(C(=O)c4ccc5c(c4)OCO5)C(C)C3)n3c(C4CCCCC4)nnc3c2c1. The Balaban J connectivity index is 1.23. The van der Waals surface area contributed by atoms with Crippen LogP contribution in [0.5, 0.6) is 11.5 Å². The number of anilines is 1. The molecule has 0 radical (unpaired) electrons. The van der Waals surface area contributed by atoms with Gasteiger partial charge in [0.1, 0.15) is 5.82 Å². The van der Waals surface area contributed by atoms with Crippen LogP contribution in [0.4, 0.5) is 5.95 Å². The first kappa shape index (κ1) is 23.3. The van der Waals surface area contributed by atoms with Crippen molar-refractivity contribution in [2.75, 3.05) is 31.3 Å². The van der Waals surface area contributed by atoms with Crippen molar-refractivity contribution in [2.45, 2.75) is 57.9 Å². The van der Waals surface area contributed by atoms with Gasteiger partial charge in [-0.2, -0.15) is 0 Å². The molecule has 3 aliphatic rings. The fourth-order valence-corrected chi connectivity index (χ4v) is 6.23. The second kappa shape index (κ2) is 9.15. The van der Waals surface area contributed by atoms with E-state index in [2.05, 4.69) is 41.3 Å². The van der Waals surface area contributed by atoms with E-state index in [1.807, 2.05) is 17.0 Å². The molecular weight excluding hydrogens is 480 g/mol. The summed E-state index contributed by atoms with van der Waals surface area (Å²) in [6.07, 6.45) is 6.03. The van der Waals surface area contributed by atoms with Crippen molar-refractivity contribution in [1.82, 2.24) is 24.5 Å². The monoisotopic (exact) mass is 512 g/mol. The van der Waals surface area contributed by atoms with Crippen LogP contribution >= 0.6 is 0 Å². The maximum atomic E-state index is 13.5. The summed E-state index contributed by atoms with van der Waals surface area (Å²) < 4.78 is 13.1. The van der Waals surface area contributed by atoms with Gasteiger partial charge in [0.25, 0.3) is 5.91 Å². The smallest absolute Gasteiger partial charge is 0.254 e. The van der Waals surface area contributed by atoms with Gasteiger partial charge in [0.2, 0.25) is 12.7 Å². The number of rotatable bonds is 3. The zero-order chi connectivity index (χ0) is 25.8. The third-order valence-electron chi connectivity index (χ3n) is 8.26. The van der Waals surface area contributed by atoms with Crippen LogP contribution in [0.25, 0.3) is 16.6 Å². The van der Waals surface area contributed by atoms with Crippen LogP contribution in [0, 0.1) is 6.92 Å². The molecule has 1 saturated heterocycles. The summed E-state index contributed by atoms with van der Waals surface area (Å²) in [5, 5.41) is 10.5. The van der Waals surface area contributed by atoms with Gasteiger partial charge in [0.05, 0.1) is 5.52 Å². The molecule has 0 bridgehead atoms. The molecule has 9 heteroatoms. The summed E-state index contributed by atoms with van der Waals surface area (Å²) in [4.78, 5) is 22.9. The molecule has 1 atom stereocenters. The minimum absolute atomic E-state index is 0.00171. The second-order valence-corrected chi connectivity index (χ2v) is 10.8. The van der Waals surface area contributed by atoms with E-state index < -0.39 is 0 Å². The fraction of sp³-hybridized carbons (Fsp3) is 0.448. The molecule has 2 aromatic heterocycles. The molecule has 2 aliphatic heterocycles. The van der Waals surface area contributed by atoms with Gasteiger partial charge in [-0.05, 0) is 57.0 Å². The number of nitrogens with zero attached hydrogens (tertiary/aromatic N) is 6. The van der Waals surface area contributed by atoms with Crippen LogP contribution in [-0.4, -0.2) is 62.9 Å². The molecule has 2 fully saturated rings. The van der Waals surface area contributed by atoms with Crippen molar-refractivity contribution >= 4 is 28.4 Å². The van der Waals surface area contributed by atoms with Gasteiger partial charge in [0, 0.05) is 42.5 Å². The lowest BCUT2D eigenvalue weighted by Crippen LogP contribution is -2.54. The Morgan fingerprint density at radius 3 is 2.66 bits per heavy atom. The van der Waals surface area contributed by atoms with E-state index in [-0.39, 0.29) is 18.7 Å². The number of fused-ring (bicyclic) bond motifs is 4. The molecule has 0 spiro atoms. The maximum Gasteiger partial charge on any atom is 0.254 e. The first-order valence-electron chi connectivity index (χ1n) is 13.7. The zero-order valence-electron chi connectivity index (χ0n) is 21.9. The lowest BCUT2D eigenvalue weighted by molar-refractivity contribution is 0.0672. The summed E-state index contributed by atoms with van der Waals surface area (Å²) in [5.41, 5.74) is 3.60. The summed E-state index contributed by atoms with van der Waals surface area (Å²) in [6.45, 7) is 6.36. The highest BCUT2D eigenvalue weighted by molar-refractivity contribution is 5.95. The summed E-state index contributed by atoms with van der Waals surface area (Å²) in [6, 6.07) is 11.7. The normalized spacial score (nSPS) is 20.0. The molecule has 1 aliphatic carbocycles. The van der Waals surface area contributed by atoms with E-state index in [4.69, 9.17) is 24.7 Å². The highest BCUT2D eigenvalue weighted by Crippen LogP contribution is 2.36. The molecule has 4 heterocycles. The molecule has 4 aromatic rings. The van der Waals surface area contributed by atoms with E-state index in [9.17, 15) is 4.79 Å². The topological polar surface area (TPSA) is 85.1 Å². The zero-order valence-corrected chi connectivity index (χ0v) is 21.9. The number of carbonyl (C=O) groups is 1. The van der Waals surface area contributed by atoms with E-state index >= 15 is 0 Å². The van der Waals surface area contributed by atoms with E-state index in [0.717, 1.165) is 41.2 Å². The van der Waals surface area contributed by atoms with E-state index in [0.29, 0.717) is 42.6 Å². The highest BCUT2D eigenvalue weighted by Gasteiger charge is 2.32. The third kappa shape index (κ3) is 3.83. The number of aryl methyl sites for hydroxylation is 1. The minimum atomic E-state index is 0.00171. The Kier molecular flexibility index (Phi) is 5.60. The molecular formula is C29H32N6O3. The lowest BCUT2D eigenvalue weighted by Gasteiger charge is -2.40. The van der Waals surface area contributed by atoms with Crippen LogP contribution in [-0.2, 0) is 0 Å². The molecule has 196 valence electrons. The van der Waals surface area contributed by atoms with Crippen molar-refractivity contribution in [2.24, 2.45) is 0 Å². The molecule has 0 N–H and O–H groups in total. The predicted molar refractivity (Wildman–Crippen MR) is 144 cm³/mol. The van der Waals surface area contributed by atoms with Gasteiger partial charge in [-0.15, -0.1) is 10.2 Å². The molecule has 1 unspecified atom stereocenters. The van der Waals surface area contributed by atoms with Crippen LogP contribution in [0.3, 0.4) is 0 Å². The molecule has 1 saturated carbocycles. The Morgan fingerprint density at radius 2 is 1.82 bits per heavy atom. The van der Waals surface area contributed by atoms with Crippen molar-refractivity contribution < 1.29 is 14.3 Å². The number of aromatic nitrogens is 4. The first-order valence-corrected chi connectivity index (χ1v) is 13.7. The molecule has 9 nitrogen and oxygen atoms in total. The predicted octanol–water partition coefficient (Wildman–Crippen LogP) is 4.71. The number of amides is 1. The van der Waals surface area contributed by atoms with Crippen molar-refractivity contribution in [3.05, 3.63) is 53.3 Å². The van der Waals surface area contributed by atoms with Crippen LogP contribution < -0.4 is 14.4 Å². The lowest BCUT2D eigenvalue weighted by atomic mass is 9.89. The molecule has 38 heavy (non-hydrogen) atoms. The van der Waals surface area contributed by atoms with Crippen LogP contribution in [0.1, 0.15) is 66.7 Å². The molecule has 1 amide bonds. The first-order chi connectivity index (χ1) is 18.6. The maximum absolute atomic E-state index is 13.5. The Hall–Kier alpha value is -3.88. The quantitative estimate of drug-likeness (QED) is 0.393. The van der Waals surface area contributed by atoms with Gasteiger partial charge >= 0.3 is 0 Å². The third-order valence-corrected chi connectivity index (χ3v) is 8.26. The number of carbonyl (C=O) groups excluding carboxylic acids is 1. The van der Waals surface area contributed by atoms with Gasteiger partial charge in [-0.1, -0.05) is 30.9 Å². The molecule has 2 aromatic carbocycles. The highest BCUT2D eigenvalue weighted by atomic mass is 16.7. The number of hydrogen-bond donors (Lipinski definition) is 0. The summed E-state index contributed by atoms with van der Waals surface area (Å²) >= 11 is 0. The summed E-state index contributed by atoms with van der Waals surface area (Å²) in [7, 11) is 0. The van der Waals surface area contributed by atoms with Gasteiger partial charge < -0.3 is 19.3 Å². The standard InChI is InChI=1S/C29H32N6O3/c1-18-8-10-23-22(14-18)27-32-31-26(20-6-4-3-5-7-20)35(27)29(30-23)33-12-13-34(19(2)16-33)28(36)21-9-11-24-25(15-21)38-17-37-24/h8-11,14-15,19-20H,3-7,12-13,16-17H2,1-2H3. The number of benzene rings is 2. The van der Waals surface area contributed by atoms with E-state index in [1.54, 1.807) is 6.07 Å². The van der Waals surface area contributed by atoms with Gasteiger partial charge in [-0.3, -0.25) is 4.79 Å². The van der Waals surface area contributed by atoms with Crippen molar-refractivity contribution in [3.8, 4) is 11.5 Å². The average Bonchev–Trinajstić information content (AvgIpc) is 3.60. The van der Waals surface area contributed by atoms with Crippen LogP contribution in [0.15, 0.2) is 36.4 Å². The Bertz CT molecular complexity index is 1540. The number of hydrogen-bond acceptors (Lipinski definition) is 7. The Morgan fingerprint density at radius 1 is 0.974 bits per heavy atom. The van der Waals surface area contributed by atoms with Gasteiger partial charge in [0.15, 0.2) is 17.1 Å². The minimum Gasteiger partial charge on any atom is -0.454 e. The largest absolute Gasteiger partial charge is 0.454 e. The number of ether oxygens (including phenoxy) is 2. The second-order valence-electron chi connectivity index (χ2n) is 10.8. The van der Waals surface area contributed by atoms with Gasteiger partial charge in [-0.25, -0.2) is 9.38 Å². The average molecular weight is 513 g/mol. The Labute approximate surface area is 221 Å².